The summed E-state index contributed by atoms with van der Waals surface area (Å²) in [4.78, 5) is 3.01. The van der Waals surface area contributed by atoms with Crippen molar-refractivity contribution in [3.05, 3.63) is 35.0 Å². The summed E-state index contributed by atoms with van der Waals surface area (Å²) < 4.78 is 32.4. The van der Waals surface area contributed by atoms with Crippen LogP contribution in [0.3, 0.4) is 0 Å². The van der Waals surface area contributed by atoms with Gasteiger partial charge in [0.05, 0.1) is 12.1 Å². The molecule has 0 saturated carbocycles. The van der Waals surface area contributed by atoms with Crippen LogP contribution in [0.2, 0.25) is 0 Å². The van der Waals surface area contributed by atoms with Crippen molar-refractivity contribution in [1.82, 2.24) is 10.3 Å². The van der Waals surface area contributed by atoms with Crippen LogP contribution in [0.4, 0.5) is 8.78 Å². The molecule has 0 radical (unpaired) electrons. The molecule has 0 bridgehead atoms. The van der Waals surface area contributed by atoms with Crippen LogP contribution in [0.25, 0.3) is 10.9 Å². The van der Waals surface area contributed by atoms with Gasteiger partial charge in [-0.25, -0.2) is 8.78 Å². The zero-order valence-electron chi connectivity index (χ0n) is 11.4. The highest BCUT2D eigenvalue weighted by atomic mass is 19.1. The topological polar surface area (TPSA) is 37.0 Å². The first-order chi connectivity index (χ1) is 9.65. The molecule has 1 aliphatic rings. The normalized spacial score (nSPS) is 19.1. The number of hydrogen-bond acceptors (Lipinski definition) is 2. The number of ether oxygens (including phenoxy) is 1. The van der Waals surface area contributed by atoms with Crippen LogP contribution in [0.5, 0.6) is 0 Å². The highest BCUT2D eigenvalue weighted by Crippen LogP contribution is 2.25. The van der Waals surface area contributed by atoms with Gasteiger partial charge in [0.1, 0.15) is 11.6 Å². The van der Waals surface area contributed by atoms with Gasteiger partial charge in [0, 0.05) is 29.8 Å². The predicted octanol–water partition coefficient (Wildman–Crippen LogP) is 2.68. The van der Waals surface area contributed by atoms with Gasteiger partial charge in [-0.2, -0.15) is 0 Å². The summed E-state index contributed by atoms with van der Waals surface area (Å²) in [5.74, 6) is -1.07. The summed E-state index contributed by atoms with van der Waals surface area (Å²) in [6, 6.07) is 2.71. The molecule has 0 amide bonds. The lowest BCUT2D eigenvalue weighted by molar-refractivity contribution is 0.190. The SMILES string of the molecule is Cc1[nH]c2c(F)cc(F)cc2c1CCN[C@@H]1CCOC1. The second kappa shape index (κ2) is 5.50. The average Bonchev–Trinajstić information content (AvgIpc) is 3.00. The maximum Gasteiger partial charge on any atom is 0.150 e. The van der Waals surface area contributed by atoms with E-state index in [-0.39, 0.29) is 0 Å². The third kappa shape index (κ3) is 2.55. The molecule has 1 saturated heterocycles. The molecule has 3 rings (SSSR count). The fourth-order valence-corrected chi connectivity index (χ4v) is 2.82. The third-order valence-corrected chi connectivity index (χ3v) is 3.88. The van der Waals surface area contributed by atoms with Gasteiger partial charge >= 0.3 is 0 Å². The highest BCUT2D eigenvalue weighted by molar-refractivity contribution is 5.85. The molecule has 1 atom stereocenters. The van der Waals surface area contributed by atoms with Gasteiger partial charge in [-0.05, 0) is 37.9 Å². The molecular formula is C15H18F2N2O. The Labute approximate surface area is 116 Å². The fourth-order valence-electron chi connectivity index (χ4n) is 2.82. The van der Waals surface area contributed by atoms with Crippen molar-refractivity contribution in [3.63, 3.8) is 0 Å². The molecule has 1 fully saturated rings. The number of aromatic nitrogens is 1. The molecule has 1 aliphatic heterocycles. The van der Waals surface area contributed by atoms with Crippen LogP contribution in [-0.2, 0) is 11.2 Å². The number of halogens is 2. The molecule has 1 aromatic carbocycles. The van der Waals surface area contributed by atoms with Crippen LogP contribution in [0.15, 0.2) is 12.1 Å². The Hall–Kier alpha value is -1.46. The highest BCUT2D eigenvalue weighted by Gasteiger charge is 2.16. The van der Waals surface area contributed by atoms with Gasteiger partial charge in [-0.3, -0.25) is 0 Å². The molecule has 2 aromatic rings. The second-order valence-corrected chi connectivity index (χ2v) is 5.30. The fraction of sp³-hybridized carbons (Fsp3) is 0.467. The van der Waals surface area contributed by atoms with E-state index in [4.69, 9.17) is 4.74 Å². The summed E-state index contributed by atoms with van der Waals surface area (Å²) >= 11 is 0. The van der Waals surface area contributed by atoms with Crippen molar-refractivity contribution in [3.8, 4) is 0 Å². The van der Waals surface area contributed by atoms with Crippen molar-refractivity contribution in [1.29, 1.82) is 0 Å². The molecule has 0 aliphatic carbocycles. The van der Waals surface area contributed by atoms with E-state index in [2.05, 4.69) is 10.3 Å². The molecule has 20 heavy (non-hydrogen) atoms. The Morgan fingerprint density at radius 1 is 1.40 bits per heavy atom. The van der Waals surface area contributed by atoms with Crippen LogP contribution < -0.4 is 5.32 Å². The van der Waals surface area contributed by atoms with Gasteiger partial charge in [-0.1, -0.05) is 0 Å². The van der Waals surface area contributed by atoms with Crippen molar-refractivity contribution < 1.29 is 13.5 Å². The van der Waals surface area contributed by atoms with Crippen LogP contribution in [-0.4, -0.2) is 30.8 Å². The lowest BCUT2D eigenvalue weighted by Gasteiger charge is -2.10. The minimum Gasteiger partial charge on any atom is -0.380 e. The molecule has 3 nitrogen and oxygen atoms in total. The van der Waals surface area contributed by atoms with Crippen LogP contribution in [0.1, 0.15) is 17.7 Å². The first-order valence-electron chi connectivity index (χ1n) is 6.92. The Bertz CT molecular complexity index is 618. The quantitative estimate of drug-likeness (QED) is 0.903. The number of rotatable bonds is 4. The number of H-pyrrole nitrogens is 1. The number of nitrogens with one attached hydrogen (secondary N) is 2. The molecule has 1 aromatic heterocycles. The maximum atomic E-state index is 13.7. The van der Waals surface area contributed by atoms with E-state index in [1.165, 1.54) is 6.07 Å². The average molecular weight is 280 g/mol. The summed E-state index contributed by atoms with van der Waals surface area (Å²) in [6.07, 6.45) is 1.77. The lowest BCUT2D eigenvalue weighted by Crippen LogP contribution is -2.31. The molecular weight excluding hydrogens is 262 g/mol. The van der Waals surface area contributed by atoms with Crippen LogP contribution >= 0.6 is 0 Å². The van der Waals surface area contributed by atoms with Gasteiger partial charge < -0.3 is 15.0 Å². The number of aryl methyl sites for hydroxylation is 1. The molecule has 0 unspecified atom stereocenters. The van der Waals surface area contributed by atoms with Crippen molar-refractivity contribution in [2.24, 2.45) is 0 Å². The summed E-state index contributed by atoms with van der Waals surface area (Å²) in [6.45, 7) is 4.22. The van der Waals surface area contributed by atoms with E-state index in [1.54, 1.807) is 0 Å². The number of hydrogen-bond donors (Lipinski definition) is 2. The van der Waals surface area contributed by atoms with E-state index in [0.717, 1.165) is 49.9 Å². The first-order valence-corrected chi connectivity index (χ1v) is 6.92. The molecule has 2 N–H and O–H groups in total. The zero-order valence-corrected chi connectivity index (χ0v) is 11.4. The Kier molecular flexibility index (Phi) is 3.72. The lowest BCUT2D eigenvalue weighted by atomic mass is 10.1. The summed E-state index contributed by atoms with van der Waals surface area (Å²) in [7, 11) is 0. The minimum atomic E-state index is -0.536. The monoisotopic (exact) mass is 280 g/mol. The third-order valence-electron chi connectivity index (χ3n) is 3.88. The number of fused-ring (bicyclic) bond motifs is 1. The van der Waals surface area contributed by atoms with Gasteiger partial charge in [0.2, 0.25) is 0 Å². The predicted molar refractivity (Wildman–Crippen MR) is 73.9 cm³/mol. The molecule has 0 spiro atoms. The number of benzene rings is 1. The minimum absolute atomic E-state index is 0.392. The Morgan fingerprint density at radius 2 is 2.25 bits per heavy atom. The van der Waals surface area contributed by atoms with Crippen molar-refractivity contribution in [2.75, 3.05) is 19.8 Å². The number of aromatic amines is 1. The summed E-state index contributed by atoms with van der Waals surface area (Å²) in [5.41, 5.74) is 2.27. The van der Waals surface area contributed by atoms with Gasteiger partial charge in [0.15, 0.2) is 0 Å². The van der Waals surface area contributed by atoms with E-state index < -0.39 is 11.6 Å². The van der Waals surface area contributed by atoms with Crippen molar-refractivity contribution in [2.45, 2.75) is 25.8 Å². The summed E-state index contributed by atoms with van der Waals surface area (Å²) in [5, 5.41) is 4.06. The first kappa shape index (κ1) is 13.5. The molecule has 5 heteroatoms. The van der Waals surface area contributed by atoms with Crippen molar-refractivity contribution >= 4 is 10.9 Å². The Morgan fingerprint density at radius 3 is 3.00 bits per heavy atom. The van der Waals surface area contributed by atoms with E-state index >= 15 is 0 Å². The van der Waals surface area contributed by atoms with Crippen LogP contribution in [0, 0.1) is 18.6 Å². The Balaban J connectivity index is 1.78. The molecule has 2 heterocycles. The second-order valence-electron chi connectivity index (χ2n) is 5.30. The standard InChI is InChI=1S/C15H18F2N2O/c1-9-12(2-4-18-11-3-5-20-8-11)13-6-10(16)7-14(17)15(13)19-9/h6-7,11,18-19H,2-5,8H2,1H3/t11-/m1/s1. The largest absolute Gasteiger partial charge is 0.380 e. The smallest absolute Gasteiger partial charge is 0.150 e. The van der Waals surface area contributed by atoms with Gasteiger partial charge in [-0.15, -0.1) is 0 Å². The zero-order chi connectivity index (χ0) is 14.1. The maximum absolute atomic E-state index is 13.7. The van der Waals surface area contributed by atoms with E-state index in [0.29, 0.717) is 16.9 Å². The van der Waals surface area contributed by atoms with E-state index in [1.807, 2.05) is 6.92 Å². The van der Waals surface area contributed by atoms with E-state index in [9.17, 15) is 8.78 Å². The molecule has 108 valence electrons. The van der Waals surface area contributed by atoms with Gasteiger partial charge in [0.25, 0.3) is 0 Å².